The van der Waals surface area contributed by atoms with Gasteiger partial charge in [0.15, 0.2) is 0 Å². The summed E-state index contributed by atoms with van der Waals surface area (Å²) in [6, 6.07) is 8.83. The molecule has 0 spiro atoms. The summed E-state index contributed by atoms with van der Waals surface area (Å²) in [7, 11) is 0. The third kappa shape index (κ3) is 2.43. The molecule has 7 heteroatoms. The Morgan fingerprint density at radius 2 is 2.13 bits per heavy atom. The van der Waals surface area contributed by atoms with E-state index >= 15 is 0 Å². The second-order valence-corrected chi connectivity index (χ2v) is 6.00. The van der Waals surface area contributed by atoms with Gasteiger partial charge in [-0.3, -0.25) is 4.79 Å². The summed E-state index contributed by atoms with van der Waals surface area (Å²) in [6.45, 7) is 3.45. The van der Waals surface area contributed by atoms with Crippen molar-refractivity contribution >= 4 is 5.82 Å². The molecule has 0 aliphatic carbocycles. The molecule has 1 aliphatic rings. The lowest BCUT2D eigenvalue weighted by Crippen LogP contribution is -2.52. The molecule has 1 unspecified atom stereocenters. The molecular weight excluding hydrogens is 296 g/mol. The number of aromatic nitrogens is 2. The molecule has 7 nitrogen and oxygen atoms in total. The van der Waals surface area contributed by atoms with Crippen LogP contribution in [0.25, 0.3) is 0 Å². The summed E-state index contributed by atoms with van der Waals surface area (Å²) in [4.78, 5) is 12.2. The Labute approximate surface area is 132 Å². The van der Waals surface area contributed by atoms with Gasteiger partial charge in [-0.1, -0.05) is 0 Å². The van der Waals surface area contributed by atoms with Crippen LogP contribution in [-0.2, 0) is 0 Å². The summed E-state index contributed by atoms with van der Waals surface area (Å²) >= 11 is 0. The van der Waals surface area contributed by atoms with E-state index in [1.807, 2.05) is 6.07 Å². The highest BCUT2D eigenvalue weighted by Gasteiger charge is 2.44. The molecule has 1 aromatic heterocycles. The highest BCUT2D eigenvalue weighted by atomic mass is 16.5. The average Bonchev–Trinajstić information content (AvgIpc) is 2.51. The Bertz CT molecular complexity index is 866. The minimum absolute atomic E-state index is 0.166. The number of hydrogen-bond donors (Lipinski definition) is 2. The largest absolute Gasteiger partial charge is 0.485 e. The molecule has 0 fully saturated rings. The second kappa shape index (κ2) is 5.11. The predicted octanol–water partition coefficient (Wildman–Crippen LogP) is 0.818. The summed E-state index contributed by atoms with van der Waals surface area (Å²) in [5, 5.41) is 23.9. The number of aliphatic hydroxyl groups is 1. The maximum atomic E-state index is 12.2. The third-order valence-electron chi connectivity index (χ3n) is 3.95. The molecule has 118 valence electrons. The Morgan fingerprint density at radius 3 is 2.83 bits per heavy atom. The third-order valence-corrected chi connectivity index (χ3v) is 3.95. The molecule has 0 saturated carbocycles. The first-order chi connectivity index (χ1) is 10.8. The minimum atomic E-state index is -1.05. The van der Waals surface area contributed by atoms with E-state index < -0.39 is 23.3 Å². The van der Waals surface area contributed by atoms with Crippen LogP contribution in [0, 0.1) is 11.3 Å². The zero-order chi connectivity index (χ0) is 16.8. The predicted molar refractivity (Wildman–Crippen MR) is 82.9 cm³/mol. The van der Waals surface area contributed by atoms with Crippen LogP contribution in [0.1, 0.15) is 31.0 Å². The van der Waals surface area contributed by atoms with Gasteiger partial charge in [0, 0.05) is 11.6 Å². The van der Waals surface area contributed by atoms with E-state index in [2.05, 4.69) is 5.10 Å². The number of nitrogen functional groups attached to an aromatic ring is 1. The Balaban J connectivity index is 2.28. The molecule has 3 rings (SSSR count). The van der Waals surface area contributed by atoms with Crippen molar-refractivity contribution in [2.75, 3.05) is 5.73 Å². The van der Waals surface area contributed by atoms with Crippen LogP contribution in [0.5, 0.6) is 5.75 Å². The number of aliphatic hydroxyl groups excluding tert-OH is 1. The maximum absolute atomic E-state index is 12.2. The van der Waals surface area contributed by atoms with Crippen molar-refractivity contribution in [3.05, 3.63) is 51.8 Å². The van der Waals surface area contributed by atoms with Crippen molar-refractivity contribution in [2.24, 2.45) is 0 Å². The summed E-state index contributed by atoms with van der Waals surface area (Å²) in [5.74, 6) is 0.666. The monoisotopic (exact) mass is 312 g/mol. The van der Waals surface area contributed by atoms with Gasteiger partial charge in [-0.05, 0) is 38.1 Å². The number of ether oxygens (including phenoxy) is 1. The van der Waals surface area contributed by atoms with Crippen molar-refractivity contribution in [3.8, 4) is 11.8 Å². The molecule has 2 heterocycles. The first kappa shape index (κ1) is 15.1. The van der Waals surface area contributed by atoms with Crippen molar-refractivity contribution in [2.45, 2.75) is 31.6 Å². The van der Waals surface area contributed by atoms with Crippen LogP contribution in [0.4, 0.5) is 5.82 Å². The van der Waals surface area contributed by atoms with Crippen LogP contribution in [-0.4, -0.2) is 26.6 Å². The molecule has 23 heavy (non-hydrogen) atoms. The number of anilines is 1. The number of rotatable bonds is 1. The summed E-state index contributed by atoms with van der Waals surface area (Å²) in [6.07, 6.45) is -1.05. The lowest BCUT2D eigenvalue weighted by atomic mass is 9.86. The van der Waals surface area contributed by atoms with Gasteiger partial charge in [0.05, 0.1) is 11.6 Å². The van der Waals surface area contributed by atoms with Gasteiger partial charge >= 0.3 is 0 Å². The van der Waals surface area contributed by atoms with Crippen LogP contribution in [0.3, 0.4) is 0 Å². The normalized spacial score (nSPS) is 21.8. The molecular formula is C16H16N4O3. The first-order valence-corrected chi connectivity index (χ1v) is 7.10. The highest BCUT2D eigenvalue weighted by Crippen LogP contribution is 2.41. The standard InChI is InChI=1S/C16H16N4O3/c1-16(2)15(22)14(20-13(21)6-5-12(18)19-20)10-7-9(8-17)3-4-11(10)23-16/h3-7,14-15,22H,1-2H3,(H2,18,19)/t14?,15-/m0/s1. The Morgan fingerprint density at radius 1 is 1.39 bits per heavy atom. The lowest BCUT2D eigenvalue weighted by Gasteiger charge is -2.42. The van der Waals surface area contributed by atoms with Crippen LogP contribution in [0.2, 0.25) is 0 Å². The quantitative estimate of drug-likeness (QED) is 0.805. The smallest absolute Gasteiger partial charge is 0.267 e. The number of nitriles is 1. The number of fused-ring (bicyclic) bond motifs is 1. The van der Waals surface area contributed by atoms with E-state index in [0.717, 1.165) is 4.68 Å². The van der Waals surface area contributed by atoms with Gasteiger partial charge < -0.3 is 15.6 Å². The Kier molecular flexibility index (Phi) is 3.34. The topological polar surface area (TPSA) is 114 Å². The SMILES string of the molecule is CC1(C)Oc2ccc(C#N)cc2C(n2nc(N)ccc2=O)[C@@H]1O. The van der Waals surface area contributed by atoms with E-state index in [1.165, 1.54) is 12.1 Å². The molecule has 0 radical (unpaired) electrons. The number of benzene rings is 1. The van der Waals surface area contributed by atoms with E-state index in [-0.39, 0.29) is 5.82 Å². The van der Waals surface area contributed by atoms with E-state index in [4.69, 9.17) is 15.7 Å². The summed E-state index contributed by atoms with van der Waals surface area (Å²) < 4.78 is 6.96. The van der Waals surface area contributed by atoms with Crippen molar-refractivity contribution in [3.63, 3.8) is 0 Å². The van der Waals surface area contributed by atoms with Crippen molar-refractivity contribution in [1.29, 1.82) is 5.26 Å². The van der Waals surface area contributed by atoms with E-state index in [0.29, 0.717) is 16.9 Å². The van der Waals surface area contributed by atoms with Crippen LogP contribution in [0.15, 0.2) is 35.1 Å². The van der Waals surface area contributed by atoms with Gasteiger partial charge in [0.25, 0.3) is 5.56 Å². The minimum Gasteiger partial charge on any atom is -0.485 e. The van der Waals surface area contributed by atoms with Crippen LogP contribution >= 0.6 is 0 Å². The highest BCUT2D eigenvalue weighted by molar-refractivity contribution is 5.46. The molecule has 2 atom stereocenters. The van der Waals surface area contributed by atoms with Crippen molar-refractivity contribution < 1.29 is 9.84 Å². The zero-order valence-corrected chi connectivity index (χ0v) is 12.7. The molecule has 3 N–H and O–H groups in total. The zero-order valence-electron chi connectivity index (χ0n) is 12.7. The fraction of sp³-hybridized carbons (Fsp3) is 0.312. The Hall–Kier alpha value is -2.85. The van der Waals surface area contributed by atoms with Gasteiger partial charge in [-0.15, -0.1) is 0 Å². The molecule has 1 aromatic carbocycles. The van der Waals surface area contributed by atoms with E-state index in [1.54, 1.807) is 32.0 Å². The molecule has 0 saturated heterocycles. The van der Waals surface area contributed by atoms with Gasteiger partial charge in [-0.25, -0.2) is 4.68 Å². The lowest BCUT2D eigenvalue weighted by molar-refractivity contribution is -0.0666. The van der Waals surface area contributed by atoms with Crippen LogP contribution < -0.4 is 16.0 Å². The van der Waals surface area contributed by atoms with Gasteiger partial charge in [-0.2, -0.15) is 10.4 Å². The molecule has 2 aromatic rings. The number of nitrogens with zero attached hydrogens (tertiary/aromatic N) is 3. The number of nitrogens with two attached hydrogens (primary N) is 1. The molecule has 1 aliphatic heterocycles. The van der Waals surface area contributed by atoms with Crippen molar-refractivity contribution in [1.82, 2.24) is 9.78 Å². The van der Waals surface area contributed by atoms with E-state index in [9.17, 15) is 9.90 Å². The van der Waals surface area contributed by atoms with Gasteiger partial charge in [0.1, 0.15) is 29.3 Å². The molecule has 0 bridgehead atoms. The first-order valence-electron chi connectivity index (χ1n) is 7.10. The fourth-order valence-electron chi connectivity index (χ4n) is 2.74. The number of hydrogen-bond acceptors (Lipinski definition) is 6. The average molecular weight is 312 g/mol. The second-order valence-electron chi connectivity index (χ2n) is 6.00. The maximum Gasteiger partial charge on any atom is 0.267 e. The van der Waals surface area contributed by atoms with Gasteiger partial charge in [0.2, 0.25) is 0 Å². The summed E-state index contributed by atoms with van der Waals surface area (Å²) in [5.41, 5.74) is 5.29. The fourth-order valence-corrected chi connectivity index (χ4v) is 2.74. The molecule has 0 amide bonds.